The normalized spacial score (nSPS) is 10.1. The third-order valence-corrected chi connectivity index (χ3v) is 2.43. The Morgan fingerprint density at radius 2 is 2.00 bits per heavy atom. The van der Waals surface area contributed by atoms with Crippen LogP contribution in [0.15, 0.2) is 30.5 Å². The zero-order chi connectivity index (χ0) is 9.97. The quantitative estimate of drug-likeness (QED) is 0.736. The lowest BCUT2D eigenvalue weighted by atomic mass is 10.1. The molecule has 70 valence electrons. The summed E-state index contributed by atoms with van der Waals surface area (Å²) >= 11 is 6.72. The minimum atomic E-state index is -0.129. The van der Waals surface area contributed by atoms with Crippen molar-refractivity contribution in [2.24, 2.45) is 0 Å². The minimum absolute atomic E-state index is 0.129. The molecule has 0 atom stereocenters. The number of aromatic nitrogens is 2. The van der Waals surface area contributed by atoms with Crippen molar-refractivity contribution >= 4 is 29.1 Å². The van der Waals surface area contributed by atoms with Gasteiger partial charge in [0.05, 0.1) is 17.9 Å². The predicted molar refractivity (Wildman–Crippen MR) is 54.8 cm³/mol. The molecule has 0 N–H and O–H groups in total. The highest BCUT2D eigenvalue weighted by atomic mass is 35.5. The van der Waals surface area contributed by atoms with Gasteiger partial charge in [-0.2, -0.15) is 8.75 Å². The molecule has 0 amide bonds. The van der Waals surface area contributed by atoms with Crippen LogP contribution in [0.3, 0.4) is 0 Å². The molecular weight excluding hydrogens is 220 g/mol. The van der Waals surface area contributed by atoms with Crippen molar-refractivity contribution in [3.63, 3.8) is 0 Å². The summed E-state index contributed by atoms with van der Waals surface area (Å²) in [5.41, 5.74) is 0.944. The zero-order valence-corrected chi connectivity index (χ0v) is 8.55. The number of rotatable bonds is 2. The van der Waals surface area contributed by atoms with Gasteiger partial charge in [0.25, 0.3) is 0 Å². The van der Waals surface area contributed by atoms with E-state index in [1.807, 2.05) is 0 Å². The van der Waals surface area contributed by atoms with Gasteiger partial charge < -0.3 is 0 Å². The lowest BCUT2D eigenvalue weighted by Crippen LogP contribution is -2.00. The van der Waals surface area contributed by atoms with Gasteiger partial charge in [0.15, 0.2) is 0 Å². The largest absolute Gasteiger partial charge is 0.287 e. The van der Waals surface area contributed by atoms with Gasteiger partial charge in [-0.1, -0.05) is 11.6 Å². The van der Waals surface area contributed by atoms with Crippen LogP contribution in [0.2, 0.25) is 5.02 Å². The van der Waals surface area contributed by atoms with Crippen molar-refractivity contribution in [2.75, 3.05) is 0 Å². The van der Waals surface area contributed by atoms with Gasteiger partial charge in [-0.05, 0) is 24.3 Å². The third kappa shape index (κ3) is 1.81. The SMILES string of the molecule is O=C(c1ccc(Cl)cc1)c1cnsn1. The van der Waals surface area contributed by atoms with Gasteiger partial charge in [-0.3, -0.25) is 4.79 Å². The average Bonchev–Trinajstić information content (AvgIpc) is 2.71. The van der Waals surface area contributed by atoms with Gasteiger partial charge in [-0.15, -0.1) is 0 Å². The number of hydrogen-bond donors (Lipinski definition) is 0. The highest BCUT2D eigenvalue weighted by Crippen LogP contribution is 2.12. The van der Waals surface area contributed by atoms with Crippen molar-refractivity contribution in [1.82, 2.24) is 8.75 Å². The summed E-state index contributed by atoms with van der Waals surface area (Å²) in [6, 6.07) is 6.69. The molecule has 3 nitrogen and oxygen atoms in total. The summed E-state index contributed by atoms with van der Waals surface area (Å²) < 4.78 is 7.63. The molecule has 0 unspecified atom stereocenters. The molecule has 1 aromatic heterocycles. The highest BCUT2D eigenvalue weighted by molar-refractivity contribution is 6.99. The fraction of sp³-hybridized carbons (Fsp3) is 0. The molecule has 5 heteroatoms. The highest BCUT2D eigenvalue weighted by Gasteiger charge is 2.10. The molecule has 2 aromatic rings. The van der Waals surface area contributed by atoms with Crippen molar-refractivity contribution in [3.8, 4) is 0 Å². The first-order chi connectivity index (χ1) is 6.77. The molecule has 0 aliphatic rings. The topological polar surface area (TPSA) is 42.9 Å². The molecule has 0 radical (unpaired) electrons. The first-order valence-corrected chi connectivity index (χ1v) is 4.96. The Kier molecular flexibility index (Phi) is 2.56. The molecule has 1 aromatic carbocycles. The number of hydrogen-bond acceptors (Lipinski definition) is 4. The number of carbonyl (C=O) groups excluding carboxylic acids is 1. The van der Waals surface area contributed by atoms with Gasteiger partial charge in [0.1, 0.15) is 5.69 Å². The Hall–Kier alpha value is -1.26. The maximum absolute atomic E-state index is 11.7. The lowest BCUT2D eigenvalue weighted by molar-refractivity contribution is 0.103. The fourth-order valence-corrected chi connectivity index (χ4v) is 1.55. The Morgan fingerprint density at radius 1 is 1.29 bits per heavy atom. The van der Waals surface area contributed by atoms with E-state index in [0.717, 1.165) is 11.7 Å². The maximum Gasteiger partial charge on any atom is 0.214 e. The molecule has 0 spiro atoms. The molecule has 0 fully saturated rings. The number of halogens is 1. The summed E-state index contributed by atoms with van der Waals surface area (Å²) in [7, 11) is 0. The van der Waals surface area contributed by atoms with Crippen molar-refractivity contribution in [2.45, 2.75) is 0 Å². The summed E-state index contributed by atoms with van der Waals surface area (Å²) in [5.74, 6) is -0.129. The monoisotopic (exact) mass is 224 g/mol. The van der Waals surface area contributed by atoms with Crippen LogP contribution in [0.1, 0.15) is 16.1 Å². The van der Waals surface area contributed by atoms with E-state index in [1.54, 1.807) is 24.3 Å². The number of benzene rings is 1. The van der Waals surface area contributed by atoms with Gasteiger partial charge in [0.2, 0.25) is 5.78 Å². The molecule has 0 saturated heterocycles. The molecule has 0 aliphatic heterocycles. The summed E-state index contributed by atoms with van der Waals surface area (Å²) in [6.07, 6.45) is 1.46. The summed E-state index contributed by atoms with van der Waals surface area (Å²) in [4.78, 5) is 11.7. The summed E-state index contributed by atoms with van der Waals surface area (Å²) in [6.45, 7) is 0. The third-order valence-electron chi connectivity index (χ3n) is 1.70. The summed E-state index contributed by atoms with van der Waals surface area (Å²) in [5, 5.41) is 0.609. The van der Waals surface area contributed by atoms with Crippen LogP contribution in [0.5, 0.6) is 0 Å². The maximum atomic E-state index is 11.7. The van der Waals surface area contributed by atoms with E-state index in [9.17, 15) is 4.79 Å². The zero-order valence-electron chi connectivity index (χ0n) is 6.98. The molecule has 14 heavy (non-hydrogen) atoms. The van der Waals surface area contributed by atoms with E-state index in [2.05, 4.69) is 8.75 Å². The van der Waals surface area contributed by atoms with E-state index < -0.39 is 0 Å². The van der Waals surface area contributed by atoms with Crippen LogP contribution >= 0.6 is 23.3 Å². The van der Waals surface area contributed by atoms with Crippen LogP contribution in [-0.2, 0) is 0 Å². The Morgan fingerprint density at radius 3 is 2.57 bits per heavy atom. The number of ketones is 1. The van der Waals surface area contributed by atoms with Crippen molar-refractivity contribution < 1.29 is 4.79 Å². The van der Waals surface area contributed by atoms with Crippen LogP contribution in [0, 0.1) is 0 Å². The van der Waals surface area contributed by atoms with Gasteiger partial charge in [0, 0.05) is 10.6 Å². The van der Waals surface area contributed by atoms with Crippen LogP contribution in [0.25, 0.3) is 0 Å². The van der Waals surface area contributed by atoms with E-state index in [4.69, 9.17) is 11.6 Å². The predicted octanol–water partition coefficient (Wildman–Crippen LogP) is 2.42. The standard InChI is InChI=1S/C9H5ClN2OS/c10-7-3-1-6(2-4-7)9(13)8-5-11-14-12-8/h1-5H. The first kappa shape index (κ1) is 9.30. The van der Waals surface area contributed by atoms with Crippen molar-refractivity contribution in [3.05, 3.63) is 46.7 Å². The Labute approximate surface area is 89.7 Å². The van der Waals surface area contributed by atoms with Gasteiger partial charge >= 0.3 is 0 Å². The Balaban J connectivity index is 2.33. The van der Waals surface area contributed by atoms with Crippen molar-refractivity contribution in [1.29, 1.82) is 0 Å². The van der Waals surface area contributed by atoms with E-state index >= 15 is 0 Å². The molecular formula is C9H5ClN2OS. The molecule has 1 heterocycles. The second-order valence-electron chi connectivity index (χ2n) is 2.63. The van der Waals surface area contributed by atoms with Crippen LogP contribution in [-0.4, -0.2) is 14.5 Å². The average molecular weight is 225 g/mol. The second-order valence-corrected chi connectivity index (χ2v) is 3.62. The molecule has 0 saturated carbocycles. The number of carbonyl (C=O) groups is 1. The molecule has 0 bridgehead atoms. The van der Waals surface area contributed by atoms with E-state index in [1.165, 1.54) is 6.20 Å². The smallest absolute Gasteiger partial charge is 0.214 e. The Bertz CT molecular complexity index is 438. The van der Waals surface area contributed by atoms with E-state index in [-0.39, 0.29) is 5.78 Å². The first-order valence-electron chi connectivity index (χ1n) is 3.85. The number of nitrogens with zero attached hydrogens (tertiary/aromatic N) is 2. The fourth-order valence-electron chi connectivity index (χ4n) is 1.01. The van der Waals surface area contributed by atoms with E-state index in [0.29, 0.717) is 16.3 Å². The molecule has 0 aliphatic carbocycles. The minimum Gasteiger partial charge on any atom is -0.287 e. The van der Waals surface area contributed by atoms with Crippen LogP contribution in [0.4, 0.5) is 0 Å². The lowest BCUT2D eigenvalue weighted by Gasteiger charge is -1.96. The van der Waals surface area contributed by atoms with Crippen LogP contribution < -0.4 is 0 Å². The second kappa shape index (κ2) is 3.86. The molecule has 2 rings (SSSR count). The van der Waals surface area contributed by atoms with Gasteiger partial charge in [-0.25, -0.2) is 0 Å².